The fourth-order valence-electron chi connectivity index (χ4n) is 3.06. The van der Waals surface area contributed by atoms with E-state index < -0.39 is 11.6 Å². The molecule has 3 rings (SSSR count). The van der Waals surface area contributed by atoms with Gasteiger partial charge in [0.1, 0.15) is 11.6 Å². The number of aliphatic hydroxyl groups excluding tert-OH is 1. The van der Waals surface area contributed by atoms with Crippen LogP contribution in [0.2, 0.25) is 5.02 Å². The van der Waals surface area contributed by atoms with Crippen LogP contribution < -0.4 is 10.6 Å². The van der Waals surface area contributed by atoms with E-state index in [0.29, 0.717) is 35.3 Å². The van der Waals surface area contributed by atoms with E-state index in [1.165, 1.54) is 24.3 Å². The molecule has 0 unspecified atom stereocenters. The van der Waals surface area contributed by atoms with Gasteiger partial charge in [-0.2, -0.15) is 0 Å². The lowest BCUT2D eigenvalue weighted by Crippen LogP contribution is -2.25. The molecule has 0 aliphatic rings. The highest BCUT2D eigenvalue weighted by atomic mass is 35.5. The predicted molar refractivity (Wildman–Crippen MR) is 120 cm³/mol. The molecule has 0 heterocycles. The quantitative estimate of drug-likeness (QED) is 0.327. The highest BCUT2D eigenvalue weighted by molar-refractivity contribution is 6.35. The van der Waals surface area contributed by atoms with Crippen molar-refractivity contribution in [2.45, 2.75) is 13.3 Å². The Hall–Kier alpha value is -3.29. The summed E-state index contributed by atoms with van der Waals surface area (Å²) in [6, 6.07) is 12.5. The van der Waals surface area contributed by atoms with Crippen LogP contribution in [0.4, 0.5) is 20.2 Å². The Morgan fingerprint density at radius 1 is 1.00 bits per heavy atom. The molecule has 0 aliphatic heterocycles. The van der Waals surface area contributed by atoms with Crippen LogP contribution in [-0.4, -0.2) is 29.9 Å². The van der Waals surface area contributed by atoms with Crippen LogP contribution in [0.3, 0.4) is 0 Å². The molecule has 0 fully saturated rings. The first-order valence-electron chi connectivity index (χ1n) is 9.86. The normalized spacial score (nSPS) is 10.7. The maximum atomic E-state index is 13.9. The van der Waals surface area contributed by atoms with Gasteiger partial charge in [0.05, 0.1) is 10.7 Å². The number of nitrogens with one attached hydrogen (secondary N) is 2. The van der Waals surface area contributed by atoms with Crippen LogP contribution in [0, 0.1) is 18.6 Å². The molecule has 0 atom stereocenters. The van der Waals surface area contributed by atoms with Crippen LogP contribution in [-0.2, 0) is 0 Å². The Kier molecular flexibility index (Phi) is 7.56. The molecule has 0 saturated carbocycles. The third kappa shape index (κ3) is 5.49. The van der Waals surface area contributed by atoms with Crippen LogP contribution in [0.5, 0.6) is 0 Å². The fraction of sp³-hybridized carbons (Fsp3) is 0.167. The second kappa shape index (κ2) is 10.3. The van der Waals surface area contributed by atoms with Gasteiger partial charge in [-0.05, 0) is 61.4 Å². The standard InChI is InChI=1S/C24H21ClF2N2O3/c1-14-3-4-15(24(32)28-9-2-10-30)11-19(14)23(31)18-7-6-17(13-20(18)25)29-22-8-5-16(26)12-21(22)27/h3-8,11-13,29-30H,2,9-10H2,1H3,(H,28,32). The SMILES string of the molecule is Cc1ccc(C(=O)NCCCO)cc1C(=O)c1ccc(Nc2ccc(F)cc2F)cc1Cl. The maximum absolute atomic E-state index is 13.9. The number of amides is 1. The molecule has 8 heteroatoms. The van der Waals surface area contributed by atoms with Crippen molar-refractivity contribution in [3.8, 4) is 0 Å². The highest BCUT2D eigenvalue weighted by Gasteiger charge is 2.18. The van der Waals surface area contributed by atoms with Gasteiger partial charge in [-0.15, -0.1) is 0 Å². The molecule has 166 valence electrons. The molecular weight excluding hydrogens is 438 g/mol. The van der Waals surface area contributed by atoms with Crippen molar-refractivity contribution in [2.75, 3.05) is 18.5 Å². The second-order valence-corrected chi connectivity index (χ2v) is 7.54. The zero-order chi connectivity index (χ0) is 23.3. The molecule has 0 saturated heterocycles. The number of anilines is 2. The molecule has 5 nitrogen and oxygen atoms in total. The van der Waals surface area contributed by atoms with Gasteiger partial charge in [0.15, 0.2) is 5.78 Å². The van der Waals surface area contributed by atoms with Crippen molar-refractivity contribution < 1.29 is 23.5 Å². The Morgan fingerprint density at radius 3 is 2.47 bits per heavy atom. The van der Waals surface area contributed by atoms with E-state index in [9.17, 15) is 18.4 Å². The monoisotopic (exact) mass is 458 g/mol. The molecule has 3 N–H and O–H groups in total. The Labute approximate surface area is 189 Å². The first-order valence-corrected chi connectivity index (χ1v) is 10.2. The van der Waals surface area contributed by atoms with Crippen LogP contribution >= 0.6 is 11.6 Å². The first-order chi connectivity index (χ1) is 15.3. The molecule has 0 aromatic heterocycles. The molecule has 0 bridgehead atoms. The predicted octanol–water partition coefficient (Wildman–Crippen LogP) is 5.01. The van der Waals surface area contributed by atoms with Crippen molar-refractivity contribution in [1.82, 2.24) is 5.32 Å². The number of aliphatic hydroxyl groups is 1. The summed E-state index contributed by atoms with van der Waals surface area (Å²) in [7, 11) is 0. The van der Waals surface area contributed by atoms with E-state index in [0.717, 1.165) is 12.1 Å². The number of halogens is 3. The molecular formula is C24H21ClF2N2O3. The first kappa shape index (κ1) is 23.4. The molecule has 0 aliphatic carbocycles. The average molecular weight is 459 g/mol. The maximum Gasteiger partial charge on any atom is 0.251 e. The summed E-state index contributed by atoms with van der Waals surface area (Å²) in [6.45, 7) is 2.04. The summed E-state index contributed by atoms with van der Waals surface area (Å²) in [6.07, 6.45) is 0.432. The van der Waals surface area contributed by atoms with Gasteiger partial charge in [0, 0.05) is 41.6 Å². The number of rotatable bonds is 8. The molecule has 0 spiro atoms. The van der Waals surface area contributed by atoms with Gasteiger partial charge in [-0.3, -0.25) is 9.59 Å². The van der Waals surface area contributed by atoms with Crippen molar-refractivity contribution in [2.24, 2.45) is 0 Å². The Balaban J connectivity index is 1.83. The number of benzene rings is 3. The van der Waals surface area contributed by atoms with Gasteiger partial charge in [-0.1, -0.05) is 17.7 Å². The lowest BCUT2D eigenvalue weighted by molar-refractivity contribution is 0.0951. The number of carbonyl (C=O) groups excluding carboxylic acids is 2. The topological polar surface area (TPSA) is 78.4 Å². The zero-order valence-electron chi connectivity index (χ0n) is 17.2. The highest BCUT2D eigenvalue weighted by Crippen LogP contribution is 2.28. The smallest absolute Gasteiger partial charge is 0.251 e. The Morgan fingerprint density at radius 2 is 1.78 bits per heavy atom. The summed E-state index contributed by atoms with van der Waals surface area (Å²) < 4.78 is 27.0. The van der Waals surface area contributed by atoms with E-state index in [1.54, 1.807) is 25.1 Å². The van der Waals surface area contributed by atoms with Crippen molar-refractivity contribution in [3.05, 3.63) is 93.5 Å². The van der Waals surface area contributed by atoms with Crippen molar-refractivity contribution in [1.29, 1.82) is 0 Å². The lowest BCUT2D eigenvalue weighted by atomic mass is 9.96. The van der Waals surface area contributed by atoms with Crippen molar-refractivity contribution in [3.63, 3.8) is 0 Å². The molecule has 1 amide bonds. The number of carbonyl (C=O) groups is 2. The minimum atomic E-state index is -0.758. The van der Waals surface area contributed by atoms with Gasteiger partial charge in [0.2, 0.25) is 0 Å². The summed E-state index contributed by atoms with van der Waals surface area (Å²) >= 11 is 6.33. The molecule has 3 aromatic carbocycles. The number of hydrogen-bond donors (Lipinski definition) is 3. The fourth-order valence-corrected chi connectivity index (χ4v) is 3.33. The average Bonchev–Trinajstić information content (AvgIpc) is 2.76. The van der Waals surface area contributed by atoms with E-state index in [2.05, 4.69) is 10.6 Å². The number of ketones is 1. The van der Waals surface area contributed by atoms with Gasteiger partial charge in [0.25, 0.3) is 5.91 Å². The molecule has 32 heavy (non-hydrogen) atoms. The van der Waals surface area contributed by atoms with Gasteiger partial charge < -0.3 is 15.7 Å². The van der Waals surface area contributed by atoms with E-state index >= 15 is 0 Å². The van der Waals surface area contributed by atoms with Crippen LogP contribution in [0.25, 0.3) is 0 Å². The largest absolute Gasteiger partial charge is 0.396 e. The second-order valence-electron chi connectivity index (χ2n) is 7.14. The summed E-state index contributed by atoms with van der Waals surface area (Å²) in [5.74, 6) is -2.16. The number of aryl methyl sites for hydroxylation is 1. The van der Waals surface area contributed by atoms with Gasteiger partial charge >= 0.3 is 0 Å². The third-order valence-electron chi connectivity index (χ3n) is 4.79. The minimum Gasteiger partial charge on any atom is -0.396 e. The third-order valence-corrected chi connectivity index (χ3v) is 5.10. The minimum absolute atomic E-state index is 0.0327. The summed E-state index contributed by atoms with van der Waals surface area (Å²) in [4.78, 5) is 25.4. The Bertz CT molecular complexity index is 1170. The molecule has 0 radical (unpaired) electrons. The summed E-state index contributed by atoms with van der Waals surface area (Å²) in [5.41, 5.74) is 2.03. The lowest BCUT2D eigenvalue weighted by Gasteiger charge is -2.12. The van der Waals surface area contributed by atoms with Crippen LogP contribution in [0.15, 0.2) is 54.6 Å². The van der Waals surface area contributed by atoms with Crippen LogP contribution in [0.1, 0.15) is 38.3 Å². The van der Waals surface area contributed by atoms with Crippen molar-refractivity contribution >= 4 is 34.7 Å². The van der Waals surface area contributed by atoms with E-state index in [4.69, 9.17) is 16.7 Å². The van der Waals surface area contributed by atoms with Gasteiger partial charge in [-0.25, -0.2) is 8.78 Å². The van der Waals surface area contributed by atoms with E-state index in [-0.39, 0.29) is 34.6 Å². The molecule has 3 aromatic rings. The number of hydrogen-bond acceptors (Lipinski definition) is 4. The van der Waals surface area contributed by atoms with E-state index in [1.807, 2.05) is 0 Å². The summed E-state index contributed by atoms with van der Waals surface area (Å²) in [5, 5.41) is 14.4. The zero-order valence-corrected chi connectivity index (χ0v) is 18.0.